The van der Waals surface area contributed by atoms with E-state index in [1.54, 1.807) is 0 Å². The highest BCUT2D eigenvalue weighted by Crippen LogP contribution is 2.47. The van der Waals surface area contributed by atoms with E-state index < -0.39 is 5.54 Å². The van der Waals surface area contributed by atoms with E-state index in [1.807, 2.05) is 31.0 Å². The quantitative estimate of drug-likeness (QED) is 0.764. The van der Waals surface area contributed by atoms with Crippen molar-refractivity contribution in [2.24, 2.45) is 5.92 Å². The van der Waals surface area contributed by atoms with E-state index in [-0.39, 0.29) is 23.8 Å². The third-order valence-electron chi connectivity index (χ3n) is 6.56. The first-order chi connectivity index (χ1) is 12.9. The topological polar surface area (TPSA) is 49.9 Å². The number of likely N-dealkylation sites (N-methyl/N-ethyl adjacent to an activating group) is 1. The molecule has 1 aromatic rings. The van der Waals surface area contributed by atoms with Crippen molar-refractivity contribution in [3.8, 4) is 0 Å². The van der Waals surface area contributed by atoms with Crippen LogP contribution in [0.1, 0.15) is 56.2 Å². The minimum Gasteiger partial charge on any atom is -0.468 e. The molecule has 0 saturated carbocycles. The molecule has 1 aromatic carbocycles. The van der Waals surface area contributed by atoms with E-state index in [0.717, 1.165) is 37.1 Å². The maximum Gasteiger partial charge on any atom is 0.326 e. The Kier molecular flexibility index (Phi) is 5.89. The number of hydrogen-bond acceptors (Lipinski definition) is 4. The van der Waals surface area contributed by atoms with Gasteiger partial charge in [0.25, 0.3) is 0 Å². The largest absolute Gasteiger partial charge is 0.468 e. The van der Waals surface area contributed by atoms with Gasteiger partial charge in [-0.3, -0.25) is 14.5 Å². The number of hydrogen-bond donors (Lipinski definition) is 0. The summed E-state index contributed by atoms with van der Waals surface area (Å²) in [6.07, 6.45) is 5.00. The zero-order valence-corrected chi connectivity index (χ0v) is 17.0. The van der Waals surface area contributed by atoms with Gasteiger partial charge < -0.3 is 9.64 Å². The molecule has 0 aliphatic carbocycles. The first kappa shape index (κ1) is 19.9. The summed E-state index contributed by atoms with van der Waals surface area (Å²) in [6, 6.07) is 8.06. The average molecular weight is 373 g/mol. The second-order valence-electron chi connectivity index (χ2n) is 8.23. The van der Waals surface area contributed by atoms with Crippen molar-refractivity contribution in [3.05, 3.63) is 35.4 Å². The molecule has 2 saturated heterocycles. The summed E-state index contributed by atoms with van der Waals surface area (Å²) in [5.41, 5.74) is 1.48. The number of esters is 1. The first-order valence-corrected chi connectivity index (χ1v) is 10.1. The smallest absolute Gasteiger partial charge is 0.326 e. The molecule has 0 N–H and O–H groups in total. The second-order valence-corrected chi connectivity index (χ2v) is 8.23. The van der Waals surface area contributed by atoms with E-state index in [4.69, 9.17) is 4.74 Å². The fraction of sp³-hybridized carbons (Fsp3) is 0.636. The molecule has 3 rings (SSSR count). The van der Waals surface area contributed by atoms with E-state index in [0.29, 0.717) is 6.42 Å². The average Bonchev–Trinajstić information content (AvgIpc) is 2.85. The Labute approximate surface area is 162 Å². The third kappa shape index (κ3) is 3.62. The van der Waals surface area contributed by atoms with E-state index in [9.17, 15) is 9.59 Å². The van der Waals surface area contributed by atoms with Crippen molar-refractivity contribution in [2.45, 2.75) is 57.5 Å². The third-order valence-corrected chi connectivity index (χ3v) is 6.56. The lowest BCUT2D eigenvalue weighted by Gasteiger charge is -2.34. The highest BCUT2D eigenvalue weighted by molar-refractivity contribution is 5.86. The summed E-state index contributed by atoms with van der Waals surface area (Å²) < 4.78 is 5.11. The van der Waals surface area contributed by atoms with E-state index in [1.165, 1.54) is 20.0 Å². The number of benzene rings is 1. The predicted octanol–water partition coefficient (Wildman–Crippen LogP) is 3.32. The van der Waals surface area contributed by atoms with Gasteiger partial charge >= 0.3 is 5.97 Å². The molecule has 148 valence electrons. The molecule has 2 fully saturated rings. The van der Waals surface area contributed by atoms with Gasteiger partial charge in [0.15, 0.2) is 0 Å². The maximum atomic E-state index is 13.5. The lowest BCUT2D eigenvalue weighted by molar-refractivity contribution is -0.152. The fourth-order valence-corrected chi connectivity index (χ4v) is 4.80. The van der Waals surface area contributed by atoms with Crippen LogP contribution in [0.5, 0.6) is 0 Å². The standard InChI is InChI=1S/C22H32N2O3/c1-16-11-7-8-12-17(16)19-18(15-22(2,23(19)3)21(26)27-4)20(25)24-13-9-5-6-10-14-24/h7-8,11-12,18-19H,5-6,9-10,13-15H2,1-4H3/t18-,19-,22-/m1/s1. The lowest BCUT2D eigenvalue weighted by Crippen LogP contribution is -2.47. The summed E-state index contributed by atoms with van der Waals surface area (Å²) in [5, 5.41) is 0. The molecule has 5 nitrogen and oxygen atoms in total. The van der Waals surface area contributed by atoms with Crippen LogP contribution in [0.3, 0.4) is 0 Å². The van der Waals surface area contributed by atoms with Crippen LogP contribution in [0.4, 0.5) is 0 Å². The molecule has 1 amide bonds. The number of carbonyl (C=O) groups excluding carboxylic acids is 2. The summed E-state index contributed by atoms with van der Waals surface area (Å²) in [5.74, 6) is -0.322. The molecule has 5 heteroatoms. The Balaban J connectivity index is 1.99. The molecule has 2 aliphatic heterocycles. The Hall–Kier alpha value is -1.88. The van der Waals surface area contributed by atoms with Crippen LogP contribution >= 0.6 is 0 Å². The van der Waals surface area contributed by atoms with Gasteiger partial charge in [0.05, 0.1) is 13.0 Å². The first-order valence-electron chi connectivity index (χ1n) is 10.1. The van der Waals surface area contributed by atoms with Crippen molar-refractivity contribution >= 4 is 11.9 Å². The molecule has 0 unspecified atom stereocenters. The van der Waals surface area contributed by atoms with Crippen molar-refractivity contribution in [1.29, 1.82) is 0 Å². The minimum absolute atomic E-state index is 0.119. The van der Waals surface area contributed by atoms with Crippen LogP contribution in [0.25, 0.3) is 0 Å². The van der Waals surface area contributed by atoms with Crippen molar-refractivity contribution in [2.75, 3.05) is 27.2 Å². The SMILES string of the molecule is COC(=O)[C@@]1(C)C[C@@H](C(=O)N2CCCCCC2)[C@@H](c2ccccc2C)N1C. The normalized spacial score (nSPS) is 29.4. The molecule has 0 radical (unpaired) electrons. The van der Waals surface area contributed by atoms with Gasteiger partial charge in [-0.25, -0.2) is 0 Å². The number of nitrogens with zero attached hydrogens (tertiary/aromatic N) is 2. The summed E-state index contributed by atoms with van der Waals surface area (Å²) in [6.45, 7) is 5.63. The monoisotopic (exact) mass is 372 g/mol. The van der Waals surface area contributed by atoms with Crippen LogP contribution in [0.15, 0.2) is 24.3 Å². The summed E-state index contributed by atoms with van der Waals surface area (Å²) in [4.78, 5) is 30.2. The van der Waals surface area contributed by atoms with Crippen LogP contribution in [-0.4, -0.2) is 54.5 Å². The lowest BCUT2D eigenvalue weighted by atomic mass is 9.87. The number of methoxy groups -OCH3 is 1. The summed E-state index contributed by atoms with van der Waals surface area (Å²) in [7, 11) is 3.37. The minimum atomic E-state index is -0.798. The van der Waals surface area contributed by atoms with Gasteiger partial charge in [0.1, 0.15) is 5.54 Å². The predicted molar refractivity (Wildman–Crippen MR) is 105 cm³/mol. The van der Waals surface area contributed by atoms with Crippen LogP contribution in [0, 0.1) is 12.8 Å². The molecule has 0 bridgehead atoms. The Morgan fingerprint density at radius 1 is 1.11 bits per heavy atom. The van der Waals surface area contributed by atoms with Gasteiger partial charge in [-0.2, -0.15) is 0 Å². The Morgan fingerprint density at radius 2 is 1.74 bits per heavy atom. The number of carbonyl (C=O) groups is 2. The van der Waals surface area contributed by atoms with Gasteiger partial charge in [-0.05, 0) is 51.3 Å². The molecule has 2 heterocycles. The fourth-order valence-electron chi connectivity index (χ4n) is 4.80. The summed E-state index contributed by atoms with van der Waals surface area (Å²) >= 11 is 0. The maximum absolute atomic E-state index is 13.5. The van der Waals surface area contributed by atoms with E-state index in [2.05, 4.69) is 24.0 Å². The van der Waals surface area contributed by atoms with Crippen molar-refractivity contribution in [1.82, 2.24) is 9.80 Å². The Morgan fingerprint density at radius 3 is 2.33 bits per heavy atom. The van der Waals surface area contributed by atoms with E-state index >= 15 is 0 Å². The Bertz CT molecular complexity index is 697. The molecule has 27 heavy (non-hydrogen) atoms. The molecule has 0 aromatic heterocycles. The second kappa shape index (κ2) is 8.01. The van der Waals surface area contributed by atoms with Gasteiger partial charge in [-0.1, -0.05) is 37.1 Å². The number of rotatable bonds is 3. The highest BCUT2D eigenvalue weighted by Gasteiger charge is 2.55. The molecular formula is C22H32N2O3. The molecular weight excluding hydrogens is 340 g/mol. The van der Waals surface area contributed by atoms with Crippen LogP contribution < -0.4 is 0 Å². The van der Waals surface area contributed by atoms with Crippen LogP contribution in [0.2, 0.25) is 0 Å². The molecule has 0 spiro atoms. The van der Waals surface area contributed by atoms with Gasteiger partial charge in [-0.15, -0.1) is 0 Å². The zero-order chi connectivity index (χ0) is 19.6. The van der Waals surface area contributed by atoms with Crippen LogP contribution in [-0.2, 0) is 14.3 Å². The number of likely N-dealkylation sites (tertiary alicyclic amines) is 2. The number of amides is 1. The number of aryl methyl sites for hydroxylation is 1. The van der Waals surface area contributed by atoms with Crippen molar-refractivity contribution in [3.63, 3.8) is 0 Å². The zero-order valence-electron chi connectivity index (χ0n) is 17.0. The highest BCUT2D eigenvalue weighted by atomic mass is 16.5. The number of ether oxygens (including phenoxy) is 1. The molecule has 3 atom stereocenters. The van der Waals surface area contributed by atoms with Gasteiger partial charge in [0.2, 0.25) is 5.91 Å². The van der Waals surface area contributed by atoms with Gasteiger partial charge in [0, 0.05) is 19.1 Å². The van der Waals surface area contributed by atoms with Crippen molar-refractivity contribution < 1.29 is 14.3 Å². The molecule has 2 aliphatic rings.